The lowest BCUT2D eigenvalue weighted by Gasteiger charge is -2.31. The average Bonchev–Trinajstić information content (AvgIpc) is 2.63. The molecule has 1 aliphatic heterocycles. The van der Waals surface area contributed by atoms with Crippen LogP contribution in [0.4, 0.5) is 0 Å². The summed E-state index contributed by atoms with van der Waals surface area (Å²) in [6, 6.07) is 8.15. The third-order valence-corrected chi connectivity index (χ3v) is 5.37. The Bertz CT molecular complexity index is 835. The Hall–Kier alpha value is -2.20. The van der Waals surface area contributed by atoms with Gasteiger partial charge in [-0.15, -0.1) is 0 Å². The summed E-state index contributed by atoms with van der Waals surface area (Å²) >= 11 is 0. The molecule has 2 aliphatic rings. The Morgan fingerprint density at radius 1 is 1.24 bits per heavy atom. The van der Waals surface area contributed by atoms with Crippen LogP contribution in [0.1, 0.15) is 36.1 Å². The molecule has 130 valence electrons. The molecule has 1 aromatic heterocycles. The fraction of sp³-hybridized carbons (Fsp3) is 0.429. The van der Waals surface area contributed by atoms with Crippen molar-refractivity contribution in [1.29, 1.82) is 0 Å². The normalized spacial score (nSPS) is 20.4. The van der Waals surface area contributed by atoms with Crippen LogP contribution in [0.25, 0.3) is 11.4 Å². The molecule has 1 aliphatic carbocycles. The van der Waals surface area contributed by atoms with Crippen LogP contribution < -0.4 is 5.56 Å². The monoisotopic (exact) mass is 335 g/mol. The van der Waals surface area contributed by atoms with E-state index < -0.39 is 0 Å². The number of aryl methyl sites for hydroxylation is 1. The van der Waals surface area contributed by atoms with Crippen LogP contribution in [-0.2, 0) is 13.0 Å². The minimum atomic E-state index is 0.0285. The molecule has 4 nitrogen and oxygen atoms in total. The Kier molecular flexibility index (Phi) is 4.53. The maximum absolute atomic E-state index is 12.5. The van der Waals surface area contributed by atoms with Crippen molar-refractivity contribution < 1.29 is 0 Å². The predicted octanol–water partition coefficient (Wildman–Crippen LogP) is 3.46. The molecular weight excluding hydrogens is 310 g/mol. The van der Waals surface area contributed by atoms with E-state index in [4.69, 9.17) is 4.98 Å². The van der Waals surface area contributed by atoms with Crippen LogP contribution in [0.5, 0.6) is 0 Å². The average molecular weight is 335 g/mol. The number of fused-ring (bicyclic) bond motifs is 1. The van der Waals surface area contributed by atoms with Crippen molar-refractivity contribution in [2.24, 2.45) is 5.92 Å². The molecule has 2 aromatic rings. The van der Waals surface area contributed by atoms with Crippen molar-refractivity contribution in [2.45, 2.75) is 39.2 Å². The van der Waals surface area contributed by atoms with Gasteiger partial charge in [-0.1, -0.05) is 42.0 Å². The number of benzene rings is 1. The summed E-state index contributed by atoms with van der Waals surface area (Å²) in [7, 11) is 0. The predicted molar refractivity (Wildman–Crippen MR) is 100 cm³/mol. The van der Waals surface area contributed by atoms with Gasteiger partial charge in [0, 0.05) is 30.8 Å². The second-order valence-electron chi connectivity index (χ2n) is 7.34. The molecule has 0 bridgehead atoms. The Morgan fingerprint density at radius 3 is 2.84 bits per heavy atom. The van der Waals surface area contributed by atoms with Gasteiger partial charge in [0.2, 0.25) is 0 Å². The van der Waals surface area contributed by atoms with Crippen LogP contribution in [0.15, 0.2) is 41.2 Å². The maximum Gasteiger partial charge on any atom is 0.254 e. The molecule has 0 saturated heterocycles. The van der Waals surface area contributed by atoms with E-state index in [9.17, 15) is 4.79 Å². The maximum atomic E-state index is 12.5. The molecule has 4 rings (SSSR count). The van der Waals surface area contributed by atoms with Crippen molar-refractivity contribution >= 4 is 0 Å². The second kappa shape index (κ2) is 6.96. The van der Waals surface area contributed by atoms with Crippen LogP contribution in [0, 0.1) is 12.8 Å². The van der Waals surface area contributed by atoms with Gasteiger partial charge in [0.1, 0.15) is 5.82 Å². The fourth-order valence-corrected chi connectivity index (χ4v) is 3.89. The van der Waals surface area contributed by atoms with Crippen molar-refractivity contribution in [3.05, 3.63) is 63.6 Å². The summed E-state index contributed by atoms with van der Waals surface area (Å²) in [6.07, 6.45) is 9.05. The number of nitrogens with zero attached hydrogens (tertiary/aromatic N) is 2. The summed E-state index contributed by atoms with van der Waals surface area (Å²) in [4.78, 5) is 22.7. The standard InChI is InChI=1S/C21H25N3O/c1-15-7-9-17(10-8-15)20-22-19-14-24(12-11-18(19)21(25)23-20)13-16-5-3-2-4-6-16/h2-3,7-10,16H,4-6,11-14H2,1H3,(H,22,23,25). The summed E-state index contributed by atoms with van der Waals surface area (Å²) in [5.74, 6) is 1.43. The molecule has 4 heteroatoms. The lowest BCUT2D eigenvalue weighted by molar-refractivity contribution is 0.203. The number of hydrogen-bond donors (Lipinski definition) is 1. The molecule has 0 amide bonds. The molecule has 0 radical (unpaired) electrons. The molecule has 0 saturated carbocycles. The highest BCUT2D eigenvalue weighted by Gasteiger charge is 2.23. The summed E-state index contributed by atoms with van der Waals surface area (Å²) in [5, 5.41) is 0. The molecule has 2 heterocycles. The van der Waals surface area contributed by atoms with Gasteiger partial charge in [-0.25, -0.2) is 4.98 Å². The van der Waals surface area contributed by atoms with Gasteiger partial charge in [-0.05, 0) is 38.5 Å². The molecule has 0 fully saturated rings. The van der Waals surface area contributed by atoms with Crippen molar-refractivity contribution in [2.75, 3.05) is 13.1 Å². The zero-order valence-electron chi connectivity index (χ0n) is 14.8. The topological polar surface area (TPSA) is 49.0 Å². The first-order valence-electron chi connectivity index (χ1n) is 9.25. The van der Waals surface area contributed by atoms with Gasteiger partial charge in [-0.2, -0.15) is 0 Å². The van der Waals surface area contributed by atoms with Crippen LogP contribution in [0.2, 0.25) is 0 Å². The van der Waals surface area contributed by atoms with E-state index in [2.05, 4.69) is 41.1 Å². The van der Waals surface area contributed by atoms with E-state index in [0.717, 1.165) is 48.8 Å². The number of hydrogen-bond acceptors (Lipinski definition) is 3. The van der Waals surface area contributed by atoms with E-state index >= 15 is 0 Å². The smallest absolute Gasteiger partial charge is 0.254 e. The number of allylic oxidation sites excluding steroid dienone is 2. The third kappa shape index (κ3) is 3.59. The van der Waals surface area contributed by atoms with Gasteiger partial charge < -0.3 is 4.98 Å². The number of H-pyrrole nitrogens is 1. The van der Waals surface area contributed by atoms with Crippen LogP contribution in [0.3, 0.4) is 0 Å². The highest BCUT2D eigenvalue weighted by atomic mass is 16.1. The van der Waals surface area contributed by atoms with Crippen molar-refractivity contribution in [3.8, 4) is 11.4 Å². The Morgan fingerprint density at radius 2 is 2.08 bits per heavy atom. The zero-order valence-corrected chi connectivity index (χ0v) is 14.8. The van der Waals surface area contributed by atoms with Gasteiger partial charge in [0.05, 0.1) is 5.69 Å². The fourth-order valence-electron chi connectivity index (χ4n) is 3.89. The third-order valence-electron chi connectivity index (χ3n) is 5.37. The van der Waals surface area contributed by atoms with Crippen LogP contribution in [-0.4, -0.2) is 28.0 Å². The molecule has 25 heavy (non-hydrogen) atoms. The zero-order chi connectivity index (χ0) is 17.2. The van der Waals surface area contributed by atoms with E-state index in [-0.39, 0.29) is 5.56 Å². The molecule has 1 unspecified atom stereocenters. The molecule has 0 spiro atoms. The lowest BCUT2D eigenvalue weighted by Crippen LogP contribution is -2.38. The number of aromatic amines is 1. The number of nitrogens with one attached hydrogen (secondary N) is 1. The van der Waals surface area contributed by atoms with E-state index in [1.807, 2.05) is 12.1 Å². The molecule has 1 N–H and O–H groups in total. The van der Waals surface area contributed by atoms with E-state index in [0.29, 0.717) is 5.82 Å². The van der Waals surface area contributed by atoms with Gasteiger partial charge in [0.15, 0.2) is 0 Å². The largest absolute Gasteiger partial charge is 0.306 e. The SMILES string of the molecule is Cc1ccc(-c2nc3c(c(=O)[nH]2)CCN(CC2CC=CCC2)C3)cc1. The minimum absolute atomic E-state index is 0.0285. The Balaban J connectivity index is 1.57. The Labute approximate surface area is 148 Å². The molecule has 1 atom stereocenters. The summed E-state index contributed by atoms with van der Waals surface area (Å²) < 4.78 is 0. The first-order valence-corrected chi connectivity index (χ1v) is 9.25. The van der Waals surface area contributed by atoms with Crippen LogP contribution >= 0.6 is 0 Å². The van der Waals surface area contributed by atoms with Crippen molar-refractivity contribution in [3.63, 3.8) is 0 Å². The molecular formula is C21H25N3O. The summed E-state index contributed by atoms with van der Waals surface area (Å²) in [6.45, 7) is 4.92. The van der Waals surface area contributed by atoms with E-state index in [1.165, 1.54) is 24.8 Å². The molecule has 1 aromatic carbocycles. The van der Waals surface area contributed by atoms with E-state index in [1.54, 1.807) is 0 Å². The lowest BCUT2D eigenvalue weighted by atomic mass is 9.93. The number of aromatic nitrogens is 2. The highest BCUT2D eigenvalue weighted by molar-refractivity contribution is 5.55. The quantitative estimate of drug-likeness (QED) is 0.874. The first kappa shape index (κ1) is 16.3. The minimum Gasteiger partial charge on any atom is -0.306 e. The van der Waals surface area contributed by atoms with Gasteiger partial charge >= 0.3 is 0 Å². The first-order chi connectivity index (χ1) is 12.2. The van der Waals surface area contributed by atoms with Gasteiger partial charge in [-0.3, -0.25) is 9.69 Å². The van der Waals surface area contributed by atoms with Crippen molar-refractivity contribution in [1.82, 2.24) is 14.9 Å². The highest BCUT2D eigenvalue weighted by Crippen LogP contribution is 2.23. The van der Waals surface area contributed by atoms with Gasteiger partial charge in [0.25, 0.3) is 5.56 Å². The second-order valence-corrected chi connectivity index (χ2v) is 7.34. The summed E-state index contributed by atoms with van der Waals surface area (Å²) in [5.41, 5.74) is 4.03. The number of rotatable bonds is 3.